The molecule has 0 aromatic rings. The number of unbranched alkanes of at least 4 members (excludes halogenated alkanes) is 35. The Morgan fingerprint density at radius 3 is 1.07 bits per heavy atom. The molecule has 0 heterocycles. The van der Waals surface area contributed by atoms with E-state index in [-0.39, 0.29) is 19.4 Å². The SMILES string of the molecule is CCCCCC/C=C/CCCCCCCCCCCC(=O)OC[C@H](COP(=O)(O)O)OC(=O)CCCCCCCCCCCCCCCCCCCCCCCCC. The lowest BCUT2D eigenvalue weighted by Gasteiger charge is -2.18. The summed E-state index contributed by atoms with van der Waals surface area (Å²) in [5, 5.41) is 0. The molecule has 8 nitrogen and oxygen atoms in total. The highest BCUT2D eigenvalue weighted by molar-refractivity contribution is 7.46. The van der Waals surface area contributed by atoms with Gasteiger partial charge in [0.05, 0.1) is 6.61 Å². The fraction of sp³-hybridized carbons (Fsp3) is 0.918. The van der Waals surface area contributed by atoms with Gasteiger partial charge in [0, 0.05) is 12.8 Å². The van der Waals surface area contributed by atoms with E-state index < -0.39 is 32.5 Å². The predicted molar refractivity (Wildman–Crippen MR) is 244 cm³/mol. The van der Waals surface area contributed by atoms with Crippen molar-refractivity contribution in [1.29, 1.82) is 0 Å². The predicted octanol–water partition coefficient (Wildman–Crippen LogP) is 15.8. The van der Waals surface area contributed by atoms with E-state index in [1.807, 2.05) is 0 Å². The van der Waals surface area contributed by atoms with Gasteiger partial charge in [0.15, 0.2) is 6.10 Å². The van der Waals surface area contributed by atoms with Crippen LogP contribution in [0, 0.1) is 0 Å². The van der Waals surface area contributed by atoms with Crippen LogP contribution in [-0.2, 0) is 28.2 Å². The highest BCUT2D eigenvalue weighted by Crippen LogP contribution is 2.36. The van der Waals surface area contributed by atoms with Crippen molar-refractivity contribution in [3.05, 3.63) is 12.2 Å². The minimum atomic E-state index is -4.75. The molecule has 0 aliphatic rings. The first-order valence-electron chi connectivity index (χ1n) is 25.0. The van der Waals surface area contributed by atoms with Gasteiger partial charge >= 0.3 is 19.8 Å². The summed E-state index contributed by atoms with van der Waals surface area (Å²) < 4.78 is 26.5. The zero-order valence-electron chi connectivity index (χ0n) is 38.2. The fourth-order valence-corrected chi connectivity index (χ4v) is 7.91. The Morgan fingerprint density at radius 2 is 0.724 bits per heavy atom. The average Bonchev–Trinajstić information content (AvgIpc) is 3.20. The number of phosphoric acid groups is 1. The molecule has 0 aliphatic heterocycles. The Morgan fingerprint density at radius 1 is 0.431 bits per heavy atom. The van der Waals surface area contributed by atoms with Crippen molar-refractivity contribution in [2.24, 2.45) is 0 Å². The van der Waals surface area contributed by atoms with Gasteiger partial charge in [-0.1, -0.05) is 231 Å². The van der Waals surface area contributed by atoms with Gasteiger partial charge in [0.1, 0.15) is 6.61 Å². The molecule has 0 rings (SSSR count). The number of allylic oxidation sites excluding steroid dienone is 2. The van der Waals surface area contributed by atoms with Crippen LogP contribution in [0.2, 0.25) is 0 Å². The lowest BCUT2D eigenvalue weighted by atomic mass is 10.0. The van der Waals surface area contributed by atoms with Crippen LogP contribution in [0.15, 0.2) is 12.2 Å². The standard InChI is InChI=1S/C49H95O8P/c1-3-5-7-9-11-13-15-17-19-21-22-23-24-25-26-28-30-32-34-36-38-40-42-44-49(51)57-47(46-56-58(52,53)54)45-55-48(50)43-41-39-37-35-33-31-29-27-20-18-16-14-12-10-8-6-4-2/h14,16,47H,3-13,15,17-46H2,1-2H3,(H2,52,53,54)/b16-14+/t47-/m1/s1. The van der Waals surface area contributed by atoms with Crippen molar-refractivity contribution in [2.75, 3.05) is 13.2 Å². The van der Waals surface area contributed by atoms with Crippen LogP contribution < -0.4 is 0 Å². The van der Waals surface area contributed by atoms with Crippen molar-refractivity contribution >= 4 is 19.8 Å². The van der Waals surface area contributed by atoms with Gasteiger partial charge in [-0.2, -0.15) is 0 Å². The smallest absolute Gasteiger partial charge is 0.462 e. The minimum Gasteiger partial charge on any atom is -0.462 e. The van der Waals surface area contributed by atoms with Crippen LogP contribution >= 0.6 is 7.82 Å². The van der Waals surface area contributed by atoms with Crippen molar-refractivity contribution in [2.45, 2.75) is 277 Å². The monoisotopic (exact) mass is 843 g/mol. The molecule has 0 saturated heterocycles. The van der Waals surface area contributed by atoms with Gasteiger partial charge in [-0.3, -0.25) is 14.1 Å². The van der Waals surface area contributed by atoms with Crippen LogP contribution in [0.1, 0.15) is 271 Å². The van der Waals surface area contributed by atoms with Crippen molar-refractivity contribution in [3.63, 3.8) is 0 Å². The van der Waals surface area contributed by atoms with E-state index in [2.05, 4.69) is 30.5 Å². The molecule has 0 amide bonds. The van der Waals surface area contributed by atoms with E-state index in [1.54, 1.807) is 0 Å². The van der Waals surface area contributed by atoms with Gasteiger partial charge in [0.2, 0.25) is 0 Å². The van der Waals surface area contributed by atoms with E-state index in [0.717, 1.165) is 32.1 Å². The number of carbonyl (C=O) groups excluding carboxylic acids is 2. The molecular formula is C49H95O8P. The summed E-state index contributed by atoms with van der Waals surface area (Å²) in [6, 6.07) is 0. The van der Waals surface area contributed by atoms with E-state index >= 15 is 0 Å². The largest absolute Gasteiger partial charge is 0.469 e. The molecule has 0 unspecified atom stereocenters. The number of carbonyl (C=O) groups is 2. The molecule has 9 heteroatoms. The molecule has 0 radical (unpaired) electrons. The van der Waals surface area contributed by atoms with Crippen LogP contribution in [-0.4, -0.2) is 41.0 Å². The van der Waals surface area contributed by atoms with Gasteiger partial charge in [-0.15, -0.1) is 0 Å². The second kappa shape index (κ2) is 45.3. The van der Waals surface area contributed by atoms with Crippen molar-refractivity contribution < 1.29 is 37.9 Å². The van der Waals surface area contributed by atoms with Crippen molar-refractivity contribution in [1.82, 2.24) is 0 Å². The zero-order chi connectivity index (χ0) is 42.5. The minimum absolute atomic E-state index is 0.218. The maximum atomic E-state index is 12.5. The normalized spacial score (nSPS) is 12.4. The number of esters is 2. The van der Waals surface area contributed by atoms with Gasteiger partial charge in [-0.25, -0.2) is 4.57 Å². The molecule has 0 saturated carbocycles. The Labute approximate surface area is 358 Å². The molecule has 0 spiro atoms. The average molecular weight is 843 g/mol. The second-order valence-electron chi connectivity index (χ2n) is 17.2. The summed E-state index contributed by atoms with van der Waals surface area (Å²) in [5.41, 5.74) is 0. The molecule has 0 bridgehead atoms. The lowest BCUT2D eigenvalue weighted by Crippen LogP contribution is -2.29. The Balaban J connectivity index is 3.77. The van der Waals surface area contributed by atoms with E-state index in [9.17, 15) is 14.2 Å². The topological polar surface area (TPSA) is 119 Å². The first-order chi connectivity index (χ1) is 28.3. The van der Waals surface area contributed by atoms with E-state index in [4.69, 9.17) is 19.3 Å². The molecule has 0 aliphatic carbocycles. The maximum Gasteiger partial charge on any atom is 0.469 e. The molecule has 344 valence electrons. The van der Waals surface area contributed by atoms with Gasteiger partial charge < -0.3 is 19.3 Å². The number of hydrogen-bond acceptors (Lipinski definition) is 6. The first-order valence-corrected chi connectivity index (χ1v) is 26.5. The van der Waals surface area contributed by atoms with E-state index in [0.29, 0.717) is 6.42 Å². The van der Waals surface area contributed by atoms with Crippen molar-refractivity contribution in [3.8, 4) is 0 Å². The third-order valence-electron chi connectivity index (χ3n) is 11.3. The first kappa shape index (κ1) is 56.8. The molecule has 2 N–H and O–H groups in total. The summed E-state index contributed by atoms with van der Waals surface area (Å²) >= 11 is 0. The Bertz CT molecular complexity index is 951. The van der Waals surface area contributed by atoms with Crippen LogP contribution in [0.25, 0.3) is 0 Å². The van der Waals surface area contributed by atoms with Crippen LogP contribution in [0.4, 0.5) is 0 Å². The highest BCUT2D eigenvalue weighted by Gasteiger charge is 2.23. The summed E-state index contributed by atoms with van der Waals surface area (Å²) in [6.07, 6.45) is 52.3. The van der Waals surface area contributed by atoms with Crippen LogP contribution in [0.5, 0.6) is 0 Å². The second-order valence-corrected chi connectivity index (χ2v) is 18.4. The highest BCUT2D eigenvalue weighted by atomic mass is 31.2. The number of ether oxygens (including phenoxy) is 2. The lowest BCUT2D eigenvalue weighted by molar-refractivity contribution is -0.161. The molecule has 0 aromatic carbocycles. The summed E-state index contributed by atoms with van der Waals surface area (Å²) in [4.78, 5) is 43.0. The van der Waals surface area contributed by atoms with Gasteiger partial charge in [0.25, 0.3) is 0 Å². The van der Waals surface area contributed by atoms with Crippen LogP contribution in [0.3, 0.4) is 0 Å². The number of hydrogen-bond donors (Lipinski definition) is 2. The quantitative estimate of drug-likeness (QED) is 0.0269. The zero-order valence-corrected chi connectivity index (χ0v) is 39.1. The Kier molecular flexibility index (Phi) is 44.4. The summed E-state index contributed by atoms with van der Waals surface area (Å²) in [5.74, 6) is -0.870. The Hall–Kier alpha value is -1.21. The molecule has 0 fully saturated rings. The summed E-state index contributed by atoms with van der Waals surface area (Å²) in [7, 11) is -4.75. The van der Waals surface area contributed by atoms with E-state index in [1.165, 1.54) is 205 Å². The number of phosphoric ester groups is 1. The molecule has 0 aromatic heterocycles. The molecule has 58 heavy (non-hydrogen) atoms. The molecular weight excluding hydrogens is 748 g/mol. The molecule has 1 atom stereocenters. The van der Waals surface area contributed by atoms with Gasteiger partial charge in [-0.05, 0) is 38.5 Å². The maximum absolute atomic E-state index is 12.5. The number of rotatable bonds is 47. The third kappa shape index (κ3) is 47.5. The fourth-order valence-electron chi connectivity index (χ4n) is 7.55. The summed E-state index contributed by atoms with van der Waals surface area (Å²) in [6.45, 7) is 3.72. The third-order valence-corrected chi connectivity index (χ3v) is 11.8.